The van der Waals surface area contributed by atoms with Crippen LogP contribution in [0, 0.1) is 5.82 Å². The van der Waals surface area contributed by atoms with E-state index < -0.39 is 5.82 Å². The van der Waals surface area contributed by atoms with Crippen LogP contribution in [0.3, 0.4) is 0 Å². The zero-order chi connectivity index (χ0) is 15.4. The lowest BCUT2D eigenvalue weighted by Gasteiger charge is -2.12. The number of amides is 1. The Kier molecular flexibility index (Phi) is 5.20. The maximum absolute atomic E-state index is 13.2. The van der Waals surface area contributed by atoms with E-state index in [-0.39, 0.29) is 11.7 Å². The van der Waals surface area contributed by atoms with Crippen LogP contribution in [0.5, 0.6) is 5.75 Å². The highest BCUT2D eigenvalue weighted by molar-refractivity contribution is 9.10. The molecule has 0 saturated heterocycles. The first-order valence-corrected chi connectivity index (χ1v) is 7.36. The third kappa shape index (κ3) is 4.19. The van der Waals surface area contributed by atoms with Crippen molar-refractivity contribution in [2.45, 2.75) is 6.92 Å². The monoisotopic (exact) mass is 371 g/mol. The zero-order valence-electron chi connectivity index (χ0n) is 11.1. The molecule has 2 rings (SSSR count). The molecule has 0 heterocycles. The number of benzene rings is 2. The molecule has 0 aliphatic heterocycles. The van der Waals surface area contributed by atoms with Crippen LogP contribution in [0.4, 0.5) is 10.1 Å². The molecule has 110 valence electrons. The van der Waals surface area contributed by atoms with E-state index in [4.69, 9.17) is 16.3 Å². The van der Waals surface area contributed by atoms with Crippen LogP contribution in [0.2, 0.25) is 5.02 Å². The molecule has 0 bridgehead atoms. The fourth-order valence-corrected chi connectivity index (χ4v) is 2.61. The summed E-state index contributed by atoms with van der Waals surface area (Å²) in [4.78, 5) is 12.2. The fourth-order valence-electron chi connectivity index (χ4n) is 1.75. The molecule has 2 aromatic carbocycles. The van der Waals surface area contributed by atoms with Crippen molar-refractivity contribution < 1.29 is 13.9 Å². The number of hydrogen-bond acceptors (Lipinski definition) is 2. The summed E-state index contributed by atoms with van der Waals surface area (Å²) >= 11 is 9.19. The highest BCUT2D eigenvalue weighted by Gasteiger charge is 2.12. The number of nitrogens with one attached hydrogen (secondary N) is 1. The second-order valence-corrected chi connectivity index (χ2v) is 5.54. The van der Waals surface area contributed by atoms with E-state index in [1.807, 2.05) is 0 Å². The molecule has 0 radical (unpaired) electrons. The van der Waals surface area contributed by atoms with Gasteiger partial charge in [0.1, 0.15) is 11.6 Å². The van der Waals surface area contributed by atoms with Gasteiger partial charge in [-0.25, -0.2) is 4.39 Å². The number of hydrogen-bond donors (Lipinski definition) is 1. The lowest BCUT2D eigenvalue weighted by atomic mass is 10.2. The van der Waals surface area contributed by atoms with Crippen molar-refractivity contribution >= 4 is 39.1 Å². The van der Waals surface area contributed by atoms with Gasteiger partial charge in [-0.15, -0.1) is 0 Å². The van der Waals surface area contributed by atoms with Gasteiger partial charge in [0.2, 0.25) is 0 Å². The van der Waals surface area contributed by atoms with E-state index in [9.17, 15) is 9.18 Å². The van der Waals surface area contributed by atoms with Crippen LogP contribution in [-0.2, 0) is 0 Å². The molecule has 0 unspecified atom stereocenters. The summed E-state index contributed by atoms with van der Waals surface area (Å²) in [5.41, 5.74) is 0.792. The molecule has 0 spiro atoms. The number of halogens is 3. The average Bonchev–Trinajstić information content (AvgIpc) is 2.41. The molecule has 3 nitrogen and oxygen atoms in total. The number of rotatable bonds is 4. The molecular weight excluding hydrogens is 361 g/mol. The molecule has 0 aromatic heterocycles. The van der Waals surface area contributed by atoms with Gasteiger partial charge in [-0.05, 0) is 37.3 Å². The maximum atomic E-state index is 13.2. The maximum Gasteiger partial charge on any atom is 0.255 e. The Hall–Kier alpha value is -1.59. The molecule has 0 atom stereocenters. The third-order valence-electron chi connectivity index (χ3n) is 2.62. The summed E-state index contributed by atoms with van der Waals surface area (Å²) in [6.07, 6.45) is 0. The summed E-state index contributed by atoms with van der Waals surface area (Å²) in [6.45, 7) is 2.15. The van der Waals surface area contributed by atoms with Crippen LogP contribution in [0.15, 0.2) is 40.9 Å². The van der Waals surface area contributed by atoms with Crippen LogP contribution >= 0.6 is 27.5 Å². The van der Waals surface area contributed by atoms with Gasteiger partial charge in [0.05, 0.1) is 12.3 Å². The van der Waals surface area contributed by atoms with Crippen molar-refractivity contribution in [1.82, 2.24) is 0 Å². The van der Waals surface area contributed by atoms with Crippen molar-refractivity contribution in [1.29, 1.82) is 0 Å². The van der Waals surface area contributed by atoms with Crippen molar-refractivity contribution in [3.05, 3.63) is 57.3 Å². The second kappa shape index (κ2) is 6.91. The molecule has 0 aliphatic carbocycles. The number of anilines is 1. The molecule has 2 aromatic rings. The van der Waals surface area contributed by atoms with Crippen molar-refractivity contribution in [3.63, 3.8) is 0 Å². The number of ether oxygens (including phenoxy) is 1. The van der Waals surface area contributed by atoms with E-state index in [0.717, 1.165) is 0 Å². The van der Waals surface area contributed by atoms with Gasteiger partial charge in [-0.3, -0.25) is 4.79 Å². The van der Waals surface area contributed by atoms with Crippen LogP contribution < -0.4 is 10.1 Å². The molecule has 21 heavy (non-hydrogen) atoms. The van der Waals surface area contributed by atoms with Crippen LogP contribution in [0.25, 0.3) is 0 Å². The zero-order valence-corrected chi connectivity index (χ0v) is 13.5. The summed E-state index contributed by atoms with van der Waals surface area (Å²) in [7, 11) is 0. The average molecular weight is 373 g/mol. The van der Waals surface area contributed by atoms with E-state index in [2.05, 4.69) is 21.2 Å². The van der Waals surface area contributed by atoms with Gasteiger partial charge in [0.15, 0.2) is 0 Å². The normalized spacial score (nSPS) is 10.3. The van der Waals surface area contributed by atoms with Crippen molar-refractivity contribution in [2.75, 3.05) is 11.9 Å². The molecule has 0 saturated carbocycles. The highest BCUT2D eigenvalue weighted by Crippen LogP contribution is 2.27. The van der Waals surface area contributed by atoms with E-state index >= 15 is 0 Å². The van der Waals surface area contributed by atoms with E-state index in [1.165, 1.54) is 18.2 Å². The van der Waals surface area contributed by atoms with Crippen LogP contribution in [0.1, 0.15) is 17.3 Å². The Balaban J connectivity index is 2.26. The largest absolute Gasteiger partial charge is 0.492 e. The highest BCUT2D eigenvalue weighted by atomic mass is 79.9. The predicted octanol–water partition coefficient (Wildman–Crippen LogP) is 4.89. The predicted molar refractivity (Wildman–Crippen MR) is 84.7 cm³/mol. The number of carbonyl (C=O) groups excluding carboxylic acids is 1. The summed E-state index contributed by atoms with van der Waals surface area (Å²) in [6, 6.07) is 8.81. The Bertz CT molecular complexity index is 658. The first-order chi connectivity index (χ1) is 9.99. The quantitative estimate of drug-likeness (QED) is 0.829. The van der Waals surface area contributed by atoms with Crippen LogP contribution in [-0.4, -0.2) is 12.5 Å². The van der Waals surface area contributed by atoms with Gasteiger partial charge in [-0.1, -0.05) is 27.5 Å². The molecular formula is C15H12BrClFNO2. The van der Waals surface area contributed by atoms with Gasteiger partial charge in [0, 0.05) is 21.1 Å². The Morgan fingerprint density at radius 3 is 2.76 bits per heavy atom. The first kappa shape index (κ1) is 15.8. The second-order valence-electron chi connectivity index (χ2n) is 4.19. The molecule has 0 aliphatic rings. The SMILES string of the molecule is CCOc1cc(F)ccc1NC(=O)c1cc(Cl)cc(Br)c1. The molecule has 6 heteroatoms. The first-order valence-electron chi connectivity index (χ1n) is 6.19. The van der Waals surface area contributed by atoms with E-state index in [0.29, 0.717) is 27.4 Å². The van der Waals surface area contributed by atoms with Gasteiger partial charge in [-0.2, -0.15) is 0 Å². The fraction of sp³-hybridized carbons (Fsp3) is 0.133. The summed E-state index contributed by atoms with van der Waals surface area (Å²) < 4.78 is 19.2. The van der Waals surface area contributed by atoms with E-state index in [1.54, 1.807) is 25.1 Å². The summed E-state index contributed by atoms with van der Waals surface area (Å²) in [5, 5.41) is 3.13. The third-order valence-corrected chi connectivity index (χ3v) is 3.29. The minimum Gasteiger partial charge on any atom is -0.492 e. The lowest BCUT2D eigenvalue weighted by Crippen LogP contribution is -2.13. The summed E-state index contributed by atoms with van der Waals surface area (Å²) in [5.74, 6) is -0.500. The Morgan fingerprint density at radius 1 is 1.33 bits per heavy atom. The van der Waals surface area contributed by atoms with Gasteiger partial charge < -0.3 is 10.1 Å². The molecule has 1 N–H and O–H groups in total. The van der Waals surface area contributed by atoms with Gasteiger partial charge >= 0.3 is 0 Å². The topological polar surface area (TPSA) is 38.3 Å². The lowest BCUT2D eigenvalue weighted by molar-refractivity contribution is 0.102. The van der Waals surface area contributed by atoms with Crippen molar-refractivity contribution in [2.24, 2.45) is 0 Å². The minimum absolute atomic E-state index is 0.284. The molecule has 1 amide bonds. The Morgan fingerprint density at radius 2 is 2.10 bits per heavy atom. The Labute approximate surface area is 135 Å². The van der Waals surface area contributed by atoms with Gasteiger partial charge in [0.25, 0.3) is 5.91 Å². The van der Waals surface area contributed by atoms with Crippen molar-refractivity contribution in [3.8, 4) is 5.75 Å². The number of carbonyl (C=O) groups is 1. The minimum atomic E-state index is -0.429. The standard InChI is InChI=1S/C15H12BrClFNO2/c1-2-21-14-8-12(18)3-4-13(14)19-15(20)9-5-10(16)7-11(17)6-9/h3-8H,2H2,1H3,(H,19,20). The molecule has 0 fully saturated rings. The smallest absolute Gasteiger partial charge is 0.255 e.